The number of phenols is 2. The van der Waals surface area contributed by atoms with Gasteiger partial charge in [0.05, 0.1) is 11.7 Å². The van der Waals surface area contributed by atoms with Gasteiger partial charge in [-0.25, -0.2) is 0 Å². The zero-order valence-electron chi connectivity index (χ0n) is 14.6. The van der Waals surface area contributed by atoms with Crippen LogP contribution in [-0.2, 0) is 11.2 Å². The van der Waals surface area contributed by atoms with Gasteiger partial charge in [-0.05, 0) is 43.9 Å². The van der Waals surface area contributed by atoms with Gasteiger partial charge in [0.2, 0.25) is 5.91 Å². The maximum atomic E-state index is 12.1. The highest BCUT2D eigenvalue weighted by Gasteiger charge is 2.23. The lowest BCUT2D eigenvalue weighted by Gasteiger charge is -2.14. The van der Waals surface area contributed by atoms with E-state index in [0.717, 1.165) is 44.2 Å². The van der Waals surface area contributed by atoms with Gasteiger partial charge in [-0.15, -0.1) is 0 Å². The summed E-state index contributed by atoms with van der Waals surface area (Å²) in [7, 11) is 0. The molecule has 0 aromatic heterocycles. The number of hydrogen-bond donors (Lipinski definition) is 4. The second-order valence-corrected chi connectivity index (χ2v) is 6.63. The molecule has 4 N–H and O–H groups in total. The number of unbranched alkanes of at least 4 members (excludes halogenated alkanes) is 5. The van der Waals surface area contributed by atoms with Crippen LogP contribution in [0.3, 0.4) is 0 Å². The van der Waals surface area contributed by atoms with Crippen molar-refractivity contribution < 1.29 is 15.0 Å². The molecule has 1 saturated heterocycles. The Balaban J connectivity index is 1.86. The number of hydrogen-bond acceptors (Lipinski definition) is 4. The molecule has 5 heteroatoms. The summed E-state index contributed by atoms with van der Waals surface area (Å²) < 4.78 is 0. The molecule has 1 aromatic rings. The third-order valence-corrected chi connectivity index (χ3v) is 4.67. The normalized spacial score (nSPS) is 17.1. The van der Waals surface area contributed by atoms with Crippen LogP contribution in [0.4, 0.5) is 5.69 Å². The summed E-state index contributed by atoms with van der Waals surface area (Å²) >= 11 is 0. The summed E-state index contributed by atoms with van der Waals surface area (Å²) in [4.78, 5) is 12.1. The summed E-state index contributed by atoms with van der Waals surface area (Å²) in [5, 5.41) is 26.2. The molecular weight excluding hydrogens is 304 g/mol. The van der Waals surface area contributed by atoms with Crippen molar-refractivity contribution >= 4 is 11.6 Å². The summed E-state index contributed by atoms with van der Waals surface area (Å²) in [5.41, 5.74) is 1.01. The Labute approximate surface area is 144 Å². The minimum Gasteiger partial charge on any atom is -0.504 e. The lowest BCUT2D eigenvalue weighted by molar-refractivity contribution is -0.117. The van der Waals surface area contributed by atoms with Crippen LogP contribution in [0.25, 0.3) is 0 Å². The number of anilines is 1. The highest BCUT2D eigenvalue weighted by atomic mass is 16.3. The largest absolute Gasteiger partial charge is 0.504 e. The average molecular weight is 334 g/mol. The van der Waals surface area contributed by atoms with Gasteiger partial charge in [-0.1, -0.05) is 45.1 Å². The predicted molar refractivity (Wildman–Crippen MR) is 96.5 cm³/mol. The Kier molecular flexibility index (Phi) is 7.37. The van der Waals surface area contributed by atoms with Crippen LogP contribution in [0.1, 0.15) is 63.9 Å². The SMILES string of the molecule is CCCCCCCCc1ccc(NC(=O)C2CCCN2)c(O)c1O. The van der Waals surface area contributed by atoms with Crippen LogP contribution in [0, 0.1) is 0 Å². The topological polar surface area (TPSA) is 81.6 Å². The lowest BCUT2D eigenvalue weighted by Crippen LogP contribution is -2.35. The monoisotopic (exact) mass is 334 g/mol. The molecule has 0 aliphatic carbocycles. The minimum absolute atomic E-state index is 0.110. The Hall–Kier alpha value is -1.75. The maximum Gasteiger partial charge on any atom is 0.241 e. The molecular formula is C19H30N2O3. The van der Waals surface area contributed by atoms with Gasteiger partial charge in [0.15, 0.2) is 11.5 Å². The zero-order valence-corrected chi connectivity index (χ0v) is 14.6. The molecule has 2 rings (SSSR count). The van der Waals surface area contributed by atoms with Gasteiger partial charge >= 0.3 is 0 Å². The number of carbonyl (C=O) groups excluding carboxylic acids is 1. The fraction of sp³-hybridized carbons (Fsp3) is 0.632. The first kappa shape index (κ1) is 18.6. The molecule has 1 aromatic carbocycles. The third-order valence-electron chi connectivity index (χ3n) is 4.67. The first-order valence-corrected chi connectivity index (χ1v) is 9.21. The van der Waals surface area contributed by atoms with E-state index in [1.807, 2.05) is 0 Å². The molecule has 1 atom stereocenters. The molecule has 1 heterocycles. The van der Waals surface area contributed by atoms with Crippen molar-refractivity contribution in [3.63, 3.8) is 0 Å². The van der Waals surface area contributed by atoms with Crippen molar-refractivity contribution in [1.29, 1.82) is 0 Å². The Bertz CT molecular complexity index is 540. The molecule has 1 unspecified atom stereocenters. The second-order valence-electron chi connectivity index (χ2n) is 6.63. The first-order chi connectivity index (χ1) is 11.6. The molecule has 0 radical (unpaired) electrons. The third kappa shape index (κ3) is 5.13. The molecule has 1 fully saturated rings. The van der Waals surface area contributed by atoms with Crippen LogP contribution >= 0.6 is 0 Å². The average Bonchev–Trinajstić information content (AvgIpc) is 3.11. The summed E-state index contributed by atoms with van der Waals surface area (Å²) in [6.07, 6.45) is 9.62. The van der Waals surface area contributed by atoms with Gasteiger partial charge in [0.1, 0.15) is 0 Å². The van der Waals surface area contributed by atoms with Gasteiger partial charge in [0.25, 0.3) is 0 Å². The number of rotatable bonds is 9. The number of aryl methyl sites for hydroxylation is 1. The quantitative estimate of drug-likeness (QED) is 0.410. The molecule has 1 aliphatic heterocycles. The highest BCUT2D eigenvalue weighted by molar-refractivity contribution is 5.96. The van der Waals surface area contributed by atoms with Crippen LogP contribution in [0.2, 0.25) is 0 Å². The number of phenolic OH excluding ortho intramolecular Hbond substituents is 2. The van der Waals surface area contributed by atoms with E-state index < -0.39 is 0 Å². The summed E-state index contributed by atoms with van der Waals surface area (Å²) in [5.74, 6) is -0.503. The summed E-state index contributed by atoms with van der Waals surface area (Å²) in [6, 6.07) is 3.25. The van der Waals surface area contributed by atoms with E-state index in [1.54, 1.807) is 12.1 Å². The van der Waals surface area contributed by atoms with Crippen molar-refractivity contribution in [2.75, 3.05) is 11.9 Å². The van der Waals surface area contributed by atoms with Gasteiger partial charge in [-0.3, -0.25) is 4.79 Å². The van der Waals surface area contributed by atoms with E-state index in [4.69, 9.17) is 0 Å². The maximum absolute atomic E-state index is 12.1. The molecule has 5 nitrogen and oxygen atoms in total. The van der Waals surface area contributed by atoms with Crippen molar-refractivity contribution in [3.05, 3.63) is 17.7 Å². The Morgan fingerprint density at radius 1 is 1.17 bits per heavy atom. The van der Waals surface area contributed by atoms with Crippen LogP contribution in [0.5, 0.6) is 11.5 Å². The lowest BCUT2D eigenvalue weighted by atomic mass is 10.0. The number of aromatic hydroxyl groups is 2. The number of amides is 1. The smallest absolute Gasteiger partial charge is 0.241 e. The van der Waals surface area contributed by atoms with E-state index in [9.17, 15) is 15.0 Å². The predicted octanol–water partition coefficient (Wildman–Crippen LogP) is 3.69. The molecule has 24 heavy (non-hydrogen) atoms. The highest BCUT2D eigenvalue weighted by Crippen LogP contribution is 2.37. The van der Waals surface area contributed by atoms with E-state index in [-0.39, 0.29) is 29.1 Å². The van der Waals surface area contributed by atoms with Crippen molar-refractivity contribution in [2.24, 2.45) is 0 Å². The van der Waals surface area contributed by atoms with E-state index in [1.165, 1.54) is 25.7 Å². The second kappa shape index (κ2) is 9.52. The Morgan fingerprint density at radius 2 is 1.92 bits per heavy atom. The molecule has 1 amide bonds. The molecule has 0 saturated carbocycles. The van der Waals surface area contributed by atoms with E-state index >= 15 is 0 Å². The van der Waals surface area contributed by atoms with Gasteiger partial charge in [-0.2, -0.15) is 0 Å². The van der Waals surface area contributed by atoms with Crippen LogP contribution < -0.4 is 10.6 Å². The number of nitrogens with one attached hydrogen (secondary N) is 2. The van der Waals surface area contributed by atoms with Crippen LogP contribution in [0.15, 0.2) is 12.1 Å². The standard InChI is InChI=1S/C19H30N2O3/c1-2-3-4-5-6-7-9-14-11-12-15(18(23)17(14)22)21-19(24)16-10-8-13-20-16/h11-12,16,20,22-23H,2-10,13H2,1H3,(H,21,24). The van der Waals surface area contributed by atoms with Gasteiger partial charge < -0.3 is 20.8 Å². The Morgan fingerprint density at radius 3 is 2.62 bits per heavy atom. The van der Waals surface area contributed by atoms with Crippen LogP contribution in [-0.4, -0.2) is 28.7 Å². The fourth-order valence-electron chi connectivity index (χ4n) is 3.15. The molecule has 134 valence electrons. The van der Waals surface area contributed by atoms with E-state index in [2.05, 4.69) is 17.6 Å². The fourth-order valence-corrected chi connectivity index (χ4v) is 3.15. The van der Waals surface area contributed by atoms with Crippen molar-refractivity contribution in [3.8, 4) is 11.5 Å². The molecule has 1 aliphatic rings. The molecule has 0 spiro atoms. The molecule has 0 bridgehead atoms. The van der Waals surface area contributed by atoms with E-state index in [0.29, 0.717) is 0 Å². The van der Waals surface area contributed by atoms with Gasteiger partial charge in [0, 0.05) is 0 Å². The zero-order chi connectivity index (χ0) is 17.4. The summed E-state index contributed by atoms with van der Waals surface area (Å²) in [6.45, 7) is 3.04. The van der Waals surface area contributed by atoms with Crippen molar-refractivity contribution in [2.45, 2.75) is 70.8 Å². The number of carbonyl (C=O) groups is 1. The number of benzene rings is 1. The first-order valence-electron chi connectivity index (χ1n) is 9.21. The van der Waals surface area contributed by atoms with Crippen molar-refractivity contribution in [1.82, 2.24) is 5.32 Å². The minimum atomic E-state index is -0.232.